The first-order valence-electron chi connectivity index (χ1n) is 6.76. The van der Waals surface area contributed by atoms with Gasteiger partial charge in [-0.25, -0.2) is 0 Å². The van der Waals surface area contributed by atoms with Gasteiger partial charge >= 0.3 is 0 Å². The van der Waals surface area contributed by atoms with Crippen LogP contribution in [-0.2, 0) is 6.54 Å². The van der Waals surface area contributed by atoms with E-state index in [1.165, 1.54) is 18.4 Å². The summed E-state index contributed by atoms with van der Waals surface area (Å²) in [5.74, 6) is 0. The SMILES string of the molecule is Cc1ccc(CN(CCO)CC2CCCN2)nc1. The average molecular weight is 249 g/mol. The van der Waals surface area contributed by atoms with Crippen LogP contribution in [0.1, 0.15) is 24.1 Å². The second-order valence-electron chi connectivity index (χ2n) is 5.08. The van der Waals surface area contributed by atoms with Gasteiger partial charge in [-0.2, -0.15) is 0 Å². The lowest BCUT2D eigenvalue weighted by Crippen LogP contribution is -2.38. The summed E-state index contributed by atoms with van der Waals surface area (Å²) in [4.78, 5) is 6.71. The van der Waals surface area contributed by atoms with Gasteiger partial charge in [0.1, 0.15) is 0 Å². The third-order valence-electron chi connectivity index (χ3n) is 3.42. The summed E-state index contributed by atoms with van der Waals surface area (Å²) in [6.07, 6.45) is 4.41. The van der Waals surface area contributed by atoms with Gasteiger partial charge in [0.2, 0.25) is 0 Å². The Labute approximate surface area is 109 Å². The van der Waals surface area contributed by atoms with Crippen LogP contribution in [0.2, 0.25) is 0 Å². The molecule has 2 N–H and O–H groups in total. The summed E-state index contributed by atoms with van der Waals surface area (Å²) in [6, 6.07) is 4.73. The first-order chi connectivity index (χ1) is 8.78. The molecule has 1 atom stereocenters. The molecule has 0 amide bonds. The molecule has 0 spiro atoms. The fourth-order valence-electron chi connectivity index (χ4n) is 2.42. The number of hydrogen-bond donors (Lipinski definition) is 2. The molecule has 1 aromatic heterocycles. The predicted octanol–water partition coefficient (Wildman–Crippen LogP) is 0.936. The largest absolute Gasteiger partial charge is 0.395 e. The number of nitrogens with one attached hydrogen (secondary N) is 1. The van der Waals surface area contributed by atoms with Crippen LogP contribution in [0.5, 0.6) is 0 Å². The molecule has 1 unspecified atom stereocenters. The number of pyridine rings is 1. The van der Waals surface area contributed by atoms with Crippen molar-refractivity contribution in [3.05, 3.63) is 29.6 Å². The van der Waals surface area contributed by atoms with Crippen LogP contribution in [0.3, 0.4) is 0 Å². The molecule has 0 radical (unpaired) electrons. The Morgan fingerprint density at radius 3 is 3.00 bits per heavy atom. The summed E-state index contributed by atoms with van der Waals surface area (Å²) in [6.45, 7) is 5.91. The van der Waals surface area contributed by atoms with Crippen LogP contribution in [0.15, 0.2) is 18.3 Å². The maximum atomic E-state index is 9.15. The van der Waals surface area contributed by atoms with Crippen molar-refractivity contribution in [3.8, 4) is 0 Å². The summed E-state index contributed by atoms with van der Waals surface area (Å²) < 4.78 is 0. The van der Waals surface area contributed by atoms with Gasteiger partial charge in [0.15, 0.2) is 0 Å². The molecule has 4 nitrogen and oxygen atoms in total. The van der Waals surface area contributed by atoms with Crippen molar-refractivity contribution in [1.29, 1.82) is 0 Å². The van der Waals surface area contributed by atoms with Gasteiger partial charge in [-0.15, -0.1) is 0 Å². The molecule has 1 aliphatic rings. The molecule has 1 aliphatic heterocycles. The van der Waals surface area contributed by atoms with Crippen molar-refractivity contribution in [2.24, 2.45) is 0 Å². The van der Waals surface area contributed by atoms with Gasteiger partial charge in [0.05, 0.1) is 12.3 Å². The predicted molar refractivity (Wildman–Crippen MR) is 72.4 cm³/mol. The first-order valence-corrected chi connectivity index (χ1v) is 6.76. The molecule has 100 valence electrons. The summed E-state index contributed by atoms with van der Waals surface area (Å²) in [5, 5.41) is 12.6. The van der Waals surface area contributed by atoms with E-state index in [1.54, 1.807) is 0 Å². The van der Waals surface area contributed by atoms with Gasteiger partial charge in [0.25, 0.3) is 0 Å². The van der Waals surface area contributed by atoms with E-state index in [9.17, 15) is 0 Å². The van der Waals surface area contributed by atoms with Crippen LogP contribution in [-0.4, -0.2) is 47.3 Å². The molecule has 1 fully saturated rings. The van der Waals surface area contributed by atoms with Gasteiger partial charge in [-0.3, -0.25) is 9.88 Å². The molecule has 0 aliphatic carbocycles. The fraction of sp³-hybridized carbons (Fsp3) is 0.643. The summed E-state index contributed by atoms with van der Waals surface area (Å²) in [5.41, 5.74) is 2.26. The third kappa shape index (κ3) is 4.05. The minimum absolute atomic E-state index is 0.207. The van der Waals surface area contributed by atoms with Crippen molar-refractivity contribution in [3.63, 3.8) is 0 Å². The van der Waals surface area contributed by atoms with Crippen LogP contribution in [0.25, 0.3) is 0 Å². The average Bonchev–Trinajstić information content (AvgIpc) is 2.85. The number of hydrogen-bond acceptors (Lipinski definition) is 4. The van der Waals surface area contributed by atoms with E-state index in [-0.39, 0.29) is 6.61 Å². The lowest BCUT2D eigenvalue weighted by atomic mass is 10.2. The van der Waals surface area contributed by atoms with Crippen molar-refractivity contribution in [2.45, 2.75) is 32.4 Å². The van der Waals surface area contributed by atoms with Crippen molar-refractivity contribution in [1.82, 2.24) is 15.2 Å². The molecule has 1 saturated heterocycles. The Morgan fingerprint density at radius 2 is 2.39 bits per heavy atom. The molecule has 0 aromatic carbocycles. The standard InChI is InChI=1S/C14H23N3O/c1-12-4-5-14(16-9-12)11-17(7-8-18)10-13-3-2-6-15-13/h4-5,9,13,15,18H,2-3,6-8,10-11H2,1H3. The highest BCUT2D eigenvalue weighted by molar-refractivity contribution is 5.12. The molecule has 1 aromatic rings. The van der Waals surface area contributed by atoms with E-state index >= 15 is 0 Å². The number of aryl methyl sites for hydroxylation is 1. The zero-order valence-corrected chi connectivity index (χ0v) is 11.1. The lowest BCUT2D eigenvalue weighted by Gasteiger charge is -2.24. The quantitative estimate of drug-likeness (QED) is 0.787. The van der Waals surface area contributed by atoms with Crippen molar-refractivity contribution < 1.29 is 5.11 Å². The fourth-order valence-corrected chi connectivity index (χ4v) is 2.42. The molecule has 2 heterocycles. The Hall–Kier alpha value is -0.970. The number of aromatic nitrogens is 1. The maximum Gasteiger partial charge on any atom is 0.0558 e. The molecule has 4 heteroatoms. The number of aliphatic hydroxyl groups is 1. The molecule has 18 heavy (non-hydrogen) atoms. The second kappa shape index (κ2) is 6.83. The Kier molecular flexibility index (Phi) is 5.11. The van der Waals surface area contributed by atoms with Gasteiger partial charge in [0, 0.05) is 31.9 Å². The third-order valence-corrected chi connectivity index (χ3v) is 3.42. The minimum atomic E-state index is 0.207. The van der Waals surface area contributed by atoms with E-state index in [4.69, 9.17) is 5.11 Å². The van der Waals surface area contributed by atoms with Crippen LogP contribution < -0.4 is 5.32 Å². The molecule has 2 rings (SSSR count). The Morgan fingerprint density at radius 1 is 1.50 bits per heavy atom. The normalized spacial score (nSPS) is 19.6. The van der Waals surface area contributed by atoms with Crippen LogP contribution in [0, 0.1) is 6.92 Å². The van der Waals surface area contributed by atoms with Crippen molar-refractivity contribution in [2.75, 3.05) is 26.2 Å². The van der Waals surface area contributed by atoms with Crippen LogP contribution in [0.4, 0.5) is 0 Å². The Balaban J connectivity index is 1.90. The molecular formula is C14H23N3O. The topological polar surface area (TPSA) is 48.4 Å². The lowest BCUT2D eigenvalue weighted by molar-refractivity contribution is 0.177. The number of aliphatic hydroxyl groups excluding tert-OH is 1. The zero-order chi connectivity index (χ0) is 12.8. The van der Waals surface area contributed by atoms with Crippen LogP contribution >= 0.6 is 0 Å². The highest BCUT2D eigenvalue weighted by Crippen LogP contribution is 2.09. The maximum absolute atomic E-state index is 9.15. The summed E-state index contributed by atoms with van der Waals surface area (Å²) >= 11 is 0. The monoisotopic (exact) mass is 249 g/mol. The van der Waals surface area contributed by atoms with E-state index in [0.29, 0.717) is 12.6 Å². The van der Waals surface area contributed by atoms with E-state index in [0.717, 1.165) is 25.3 Å². The minimum Gasteiger partial charge on any atom is -0.395 e. The van der Waals surface area contributed by atoms with Gasteiger partial charge in [-0.1, -0.05) is 6.07 Å². The van der Waals surface area contributed by atoms with Crippen molar-refractivity contribution >= 4 is 0 Å². The number of nitrogens with zero attached hydrogens (tertiary/aromatic N) is 2. The zero-order valence-electron chi connectivity index (χ0n) is 11.1. The van der Waals surface area contributed by atoms with E-state index in [2.05, 4.69) is 27.3 Å². The Bertz CT molecular complexity index is 347. The molecule has 0 saturated carbocycles. The first kappa shape index (κ1) is 13.5. The molecule has 0 bridgehead atoms. The second-order valence-corrected chi connectivity index (χ2v) is 5.08. The van der Waals surface area contributed by atoms with E-state index in [1.807, 2.05) is 13.1 Å². The molecular weight excluding hydrogens is 226 g/mol. The number of rotatable bonds is 6. The van der Waals surface area contributed by atoms with E-state index < -0.39 is 0 Å². The van der Waals surface area contributed by atoms with Gasteiger partial charge < -0.3 is 10.4 Å². The van der Waals surface area contributed by atoms with Gasteiger partial charge in [-0.05, 0) is 37.9 Å². The summed E-state index contributed by atoms with van der Waals surface area (Å²) in [7, 11) is 0. The highest BCUT2D eigenvalue weighted by atomic mass is 16.3. The highest BCUT2D eigenvalue weighted by Gasteiger charge is 2.17. The smallest absolute Gasteiger partial charge is 0.0558 e.